The molecule has 33 heavy (non-hydrogen) atoms. The highest BCUT2D eigenvalue weighted by Gasteiger charge is 2.18. The van der Waals surface area contributed by atoms with Gasteiger partial charge in [0.15, 0.2) is 0 Å². The van der Waals surface area contributed by atoms with E-state index in [0.29, 0.717) is 40.9 Å². The number of anilines is 1. The molecule has 1 unspecified atom stereocenters. The van der Waals surface area contributed by atoms with Crippen LogP contribution in [-0.4, -0.2) is 43.8 Å². The summed E-state index contributed by atoms with van der Waals surface area (Å²) >= 11 is 6.64. The molecule has 8 nitrogen and oxygen atoms in total. The van der Waals surface area contributed by atoms with Gasteiger partial charge in [-0.15, -0.1) is 0 Å². The maximum Gasteiger partial charge on any atom is 0.260 e. The van der Waals surface area contributed by atoms with Crippen LogP contribution in [0.1, 0.15) is 19.0 Å². The van der Waals surface area contributed by atoms with Gasteiger partial charge in [-0.25, -0.2) is 9.97 Å². The lowest BCUT2D eigenvalue weighted by Gasteiger charge is -2.14. The number of aryl methyl sites for hydroxylation is 2. The van der Waals surface area contributed by atoms with Crippen LogP contribution in [-0.2, 0) is 11.3 Å². The fourth-order valence-electron chi connectivity index (χ4n) is 4.04. The molecule has 1 aliphatic rings. The highest BCUT2D eigenvalue weighted by atomic mass is 35.5. The Morgan fingerprint density at radius 3 is 2.79 bits per heavy atom. The quantitative estimate of drug-likeness (QED) is 0.477. The van der Waals surface area contributed by atoms with Crippen molar-refractivity contribution >= 4 is 28.6 Å². The van der Waals surface area contributed by atoms with Crippen molar-refractivity contribution in [2.24, 2.45) is 0 Å². The van der Waals surface area contributed by atoms with E-state index in [1.165, 1.54) is 0 Å². The van der Waals surface area contributed by atoms with Gasteiger partial charge in [0.1, 0.15) is 5.65 Å². The van der Waals surface area contributed by atoms with Crippen molar-refractivity contribution in [1.29, 1.82) is 0 Å². The lowest BCUT2D eigenvalue weighted by atomic mass is 10.0. The van der Waals surface area contributed by atoms with Crippen LogP contribution in [0.25, 0.3) is 33.4 Å². The van der Waals surface area contributed by atoms with Crippen molar-refractivity contribution in [3.63, 3.8) is 0 Å². The summed E-state index contributed by atoms with van der Waals surface area (Å²) in [6, 6.07) is 7.55. The van der Waals surface area contributed by atoms with Crippen molar-refractivity contribution < 1.29 is 4.74 Å². The van der Waals surface area contributed by atoms with E-state index in [-0.39, 0.29) is 11.6 Å². The maximum atomic E-state index is 13.4. The van der Waals surface area contributed by atoms with E-state index in [9.17, 15) is 4.79 Å². The largest absolute Gasteiger partial charge is 0.379 e. The minimum absolute atomic E-state index is 0.149. The van der Waals surface area contributed by atoms with E-state index >= 15 is 0 Å². The van der Waals surface area contributed by atoms with Crippen LogP contribution >= 0.6 is 11.6 Å². The number of fused-ring (bicyclic) bond motifs is 1. The van der Waals surface area contributed by atoms with Crippen molar-refractivity contribution in [3.05, 3.63) is 63.9 Å². The lowest BCUT2D eigenvalue weighted by molar-refractivity contribution is 0.195. The SMILES string of the molecule is CCn1c(=O)c(-c2ccc(-c3cncc(C)n3)cc2Cl)cc2cnc(NC3CCOC3)nc21. The highest BCUT2D eigenvalue weighted by molar-refractivity contribution is 6.33. The molecule has 4 aromatic rings. The number of pyridine rings is 1. The molecule has 9 heteroatoms. The van der Waals surface area contributed by atoms with Gasteiger partial charge in [-0.3, -0.25) is 14.3 Å². The van der Waals surface area contributed by atoms with Crippen LogP contribution in [0.4, 0.5) is 5.95 Å². The van der Waals surface area contributed by atoms with E-state index in [1.54, 1.807) is 29.2 Å². The Balaban J connectivity index is 1.56. The average Bonchev–Trinajstić information content (AvgIpc) is 3.32. The van der Waals surface area contributed by atoms with E-state index in [0.717, 1.165) is 35.4 Å². The van der Waals surface area contributed by atoms with Crippen LogP contribution < -0.4 is 10.9 Å². The molecule has 0 amide bonds. The normalized spacial score (nSPS) is 15.8. The van der Waals surface area contributed by atoms with Gasteiger partial charge in [-0.1, -0.05) is 23.7 Å². The minimum atomic E-state index is -0.149. The molecule has 1 fully saturated rings. The Bertz CT molecular complexity index is 1400. The third kappa shape index (κ3) is 4.19. The summed E-state index contributed by atoms with van der Waals surface area (Å²) in [5.74, 6) is 0.494. The zero-order valence-electron chi connectivity index (χ0n) is 18.4. The van der Waals surface area contributed by atoms with Gasteiger partial charge >= 0.3 is 0 Å². The van der Waals surface area contributed by atoms with Crippen LogP contribution in [0.5, 0.6) is 0 Å². The molecular formula is C24H23ClN6O2. The minimum Gasteiger partial charge on any atom is -0.379 e. The Kier molecular flexibility index (Phi) is 5.78. The number of benzene rings is 1. The van der Waals surface area contributed by atoms with Crippen molar-refractivity contribution in [3.8, 4) is 22.4 Å². The Morgan fingerprint density at radius 2 is 2.06 bits per heavy atom. The van der Waals surface area contributed by atoms with Gasteiger partial charge in [0, 0.05) is 52.6 Å². The molecular weight excluding hydrogens is 440 g/mol. The summed E-state index contributed by atoms with van der Waals surface area (Å²) < 4.78 is 7.06. The first-order valence-electron chi connectivity index (χ1n) is 10.9. The number of halogens is 1. The van der Waals surface area contributed by atoms with E-state index in [4.69, 9.17) is 16.3 Å². The summed E-state index contributed by atoms with van der Waals surface area (Å²) in [7, 11) is 0. The molecule has 0 spiro atoms. The second kappa shape index (κ2) is 8.88. The first-order chi connectivity index (χ1) is 16.0. The smallest absolute Gasteiger partial charge is 0.260 e. The topological polar surface area (TPSA) is 94.8 Å². The first kappa shape index (κ1) is 21.5. The molecule has 168 valence electrons. The van der Waals surface area contributed by atoms with Gasteiger partial charge in [0.25, 0.3) is 5.56 Å². The monoisotopic (exact) mass is 462 g/mol. The molecule has 0 bridgehead atoms. The molecule has 1 saturated heterocycles. The van der Waals surface area contributed by atoms with Gasteiger partial charge in [-0.2, -0.15) is 4.98 Å². The van der Waals surface area contributed by atoms with Crippen molar-refractivity contribution in [2.75, 3.05) is 18.5 Å². The second-order valence-electron chi connectivity index (χ2n) is 8.03. The van der Waals surface area contributed by atoms with E-state index in [2.05, 4.69) is 25.3 Å². The molecule has 1 atom stereocenters. The summed E-state index contributed by atoms with van der Waals surface area (Å²) in [5.41, 5.74) is 3.99. The second-order valence-corrected chi connectivity index (χ2v) is 8.43. The maximum absolute atomic E-state index is 13.4. The van der Waals surface area contributed by atoms with Gasteiger partial charge < -0.3 is 10.1 Å². The first-order valence-corrected chi connectivity index (χ1v) is 11.2. The Hall–Kier alpha value is -3.36. The van der Waals surface area contributed by atoms with Crippen LogP contribution in [0.3, 0.4) is 0 Å². The number of nitrogens with zero attached hydrogens (tertiary/aromatic N) is 5. The van der Waals surface area contributed by atoms with E-state index in [1.807, 2.05) is 32.0 Å². The third-order valence-corrected chi connectivity index (χ3v) is 6.03. The standard InChI is InChI=1S/C24H23ClN6O2/c1-3-31-22-16(11-27-24(30-22)29-17-6-7-33-13-17)8-19(23(31)32)18-5-4-15(9-20(18)25)21-12-26-10-14(2)28-21/h4-5,8-12,17H,3,6-7,13H2,1-2H3,(H,27,29,30). The molecule has 1 aromatic carbocycles. The molecule has 0 aliphatic carbocycles. The highest BCUT2D eigenvalue weighted by Crippen LogP contribution is 2.31. The molecule has 3 aromatic heterocycles. The molecule has 4 heterocycles. The Labute approximate surface area is 195 Å². The van der Waals surface area contributed by atoms with Crippen molar-refractivity contribution in [2.45, 2.75) is 32.9 Å². The number of aromatic nitrogens is 5. The number of nitrogens with one attached hydrogen (secondary N) is 1. The fraction of sp³-hybridized carbons (Fsp3) is 0.292. The van der Waals surface area contributed by atoms with Crippen LogP contribution in [0.2, 0.25) is 5.02 Å². The molecule has 1 N–H and O–H groups in total. The summed E-state index contributed by atoms with van der Waals surface area (Å²) in [5, 5.41) is 4.53. The van der Waals surface area contributed by atoms with Gasteiger partial charge in [-0.05, 0) is 32.4 Å². The zero-order valence-corrected chi connectivity index (χ0v) is 19.1. The lowest BCUT2D eigenvalue weighted by Crippen LogP contribution is -2.24. The zero-order chi connectivity index (χ0) is 22.9. The van der Waals surface area contributed by atoms with Gasteiger partial charge in [0.05, 0.1) is 30.2 Å². The van der Waals surface area contributed by atoms with Crippen LogP contribution in [0, 0.1) is 6.92 Å². The average molecular weight is 463 g/mol. The summed E-state index contributed by atoms with van der Waals surface area (Å²) in [6.45, 7) is 5.64. The number of ether oxygens (including phenoxy) is 1. The number of rotatable bonds is 5. The molecule has 0 saturated carbocycles. The Morgan fingerprint density at radius 1 is 1.18 bits per heavy atom. The van der Waals surface area contributed by atoms with Gasteiger partial charge in [0.2, 0.25) is 5.95 Å². The van der Waals surface area contributed by atoms with Crippen molar-refractivity contribution in [1.82, 2.24) is 24.5 Å². The summed E-state index contributed by atoms with van der Waals surface area (Å²) in [6.07, 6.45) is 6.04. The predicted octanol–water partition coefficient (Wildman–Crippen LogP) is 4.10. The van der Waals surface area contributed by atoms with Crippen LogP contribution in [0.15, 0.2) is 47.7 Å². The molecule has 1 aliphatic heterocycles. The molecule has 5 rings (SSSR count). The predicted molar refractivity (Wildman–Crippen MR) is 129 cm³/mol. The molecule has 0 radical (unpaired) electrons. The van der Waals surface area contributed by atoms with E-state index < -0.39 is 0 Å². The fourth-order valence-corrected chi connectivity index (χ4v) is 4.32. The third-order valence-electron chi connectivity index (χ3n) is 5.72. The summed E-state index contributed by atoms with van der Waals surface area (Å²) in [4.78, 5) is 31.2. The number of hydrogen-bond donors (Lipinski definition) is 1. The number of hydrogen-bond acceptors (Lipinski definition) is 7.